The van der Waals surface area contributed by atoms with Crippen LogP contribution in [0.15, 0.2) is 29.3 Å². The first-order valence-electron chi connectivity index (χ1n) is 9.22. The largest absolute Gasteiger partial charge is 0.491 e. The Kier molecular flexibility index (Phi) is 9.06. The number of carbonyl (C=O) groups excluding carboxylic acids is 2. The van der Waals surface area contributed by atoms with Crippen LogP contribution in [0.4, 0.5) is 9.59 Å². The average molecular weight is 409 g/mol. The number of aliphatic imine (C=N–C) groups is 1. The number of nitrogens with one attached hydrogen (secondary N) is 1. The molecule has 0 atom stereocenters. The molecule has 0 fully saturated rings. The molecule has 1 aromatic rings. The summed E-state index contributed by atoms with van der Waals surface area (Å²) in [4.78, 5) is 32.5. The molecule has 0 spiro atoms. The van der Waals surface area contributed by atoms with Gasteiger partial charge in [0, 0.05) is 6.42 Å². The fraction of sp³-hybridized carbons (Fsp3) is 0.550. The number of alkyl carbamates (subject to hydrolysis) is 1. The second-order valence-corrected chi connectivity index (χ2v) is 8.21. The lowest BCUT2D eigenvalue weighted by Gasteiger charge is -2.21. The molecule has 0 aromatic heterocycles. The summed E-state index contributed by atoms with van der Waals surface area (Å²) in [6.45, 7) is 11.0. The second kappa shape index (κ2) is 10.8. The van der Waals surface area contributed by atoms with Crippen molar-refractivity contribution < 1.29 is 28.6 Å². The highest BCUT2D eigenvalue weighted by molar-refractivity contribution is 6.01. The van der Waals surface area contributed by atoms with Crippen LogP contribution in [0.1, 0.15) is 47.1 Å². The molecule has 0 saturated carbocycles. The maximum absolute atomic E-state index is 12.1. The van der Waals surface area contributed by atoms with Crippen molar-refractivity contribution in [2.45, 2.75) is 59.2 Å². The molecule has 0 radical (unpaired) electrons. The summed E-state index contributed by atoms with van der Waals surface area (Å²) in [5.74, 6) is 5.70. The number of benzene rings is 1. The molecule has 3 N–H and O–H groups in total. The Bertz CT molecular complexity index is 702. The molecule has 0 unspecified atom stereocenters. The van der Waals surface area contributed by atoms with Gasteiger partial charge in [-0.05, 0) is 59.2 Å². The van der Waals surface area contributed by atoms with Gasteiger partial charge in [0.25, 0.3) is 0 Å². The van der Waals surface area contributed by atoms with E-state index in [0.29, 0.717) is 12.4 Å². The average Bonchev–Trinajstić information content (AvgIpc) is 2.53. The SMILES string of the molecule is CC(C)(C)OC(=O)N=C(Cc1ccc(OCCON)cc1)NC(=O)OC(C)(C)C. The van der Waals surface area contributed by atoms with E-state index in [4.69, 9.17) is 20.1 Å². The van der Waals surface area contributed by atoms with Crippen molar-refractivity contribution in [3.63, 3.8) is 0 Å². The van der Waals surface area contributed by atoms with Crippen molar-refractivity contribution in [2.24, 2.45) is 10.9 Å². The van der Waals surface area contributed by atoms with E-state index >= 15 is 0 Å². The van der Waals surface area contributed by atoms with Gasteiger partial charge in [0.15, 0.2) is 0 Å². The van der Waals surface area contributed by atoms with Gasteiger partial charge in [0.1, 0.15) is 36.0 Å². The summed E-state index contributed by atoms with van der Waals surface area (Å²) in [6.07, 6.45) is -1.32. The van der Waals surface area contributed by atoms with Gasteiger partial charge in [-0.3, -0.25) is 5.32 Å². The minimum Gasteiger partial charge on any atom is -0.491 e. The van der Waals surface area contributed by atoms with Gasteiger partial charge in [-0.2, -0.15) is 4.99 Å². The van der Waals surface area contributed by atoms with E-state index in [0.717, 1.165) is 5.56 Å². The third-order valence-corrected chi connectivity index (χ3v) is 3.03. The van der Waals surface area contributed by atoms with Crippen LogP contribution in [0, 0.1) is 0 Å². The highest BCUT2D eigenvalue weighted by Crippen LogP contribution is 2.14. The summed E-state index contributed by atoms with van der Waals surface area (Å²) < 4.78 is 15.9. The van der Waals surface area contributed by atoms with Gasteiger partial charge >= 0.3 is 12.2 Å². The number of nitrogens with two attached hydrogens (primary N) is 1. The van der Waals surface area contributed by atoms with Gasteiger partial charge in [-0.1, -0.05) is 12.1 Å². The third kappa shape index (κ3) is 11.7. The number of nitrogens with zero attached hydrogens (tertiary/aromatic N) is 1. The van der Waals surface area contributed by atoms with Gasteiger partial charge in [-0.25, -0.2) is 15.5 Å². The van der Waals surface area contributed by atoms with E-state index in [1.165, 1.54) is 0 Å². The number of hydrogen-bond donors (Lipinski definition) is 2. The number of rotatable bonds is 6. The molecule has 0 aliphatic carbocycles. The highest BCUT2D eigenvalue weighted by Gasteiger charge is 2.20. The summed E-state index contributed by atoms with van der Waals surface area (Å²) in [5, 5.41) is 2.52. The molecule has 0 bridgehead atoms. The first-order valence-corrected chi connectivity index (χ1v) is 9.22. The molecule has 2 amide bonds. The molecule has 9 heteroatoms. The first kappa shape index (κ1) is 24.4. The molecular weight excluding hydrogens is 378 g/mol. The lowest BCUT2D eigenvalue weighted by molar-refractivity contribution is 0.0561. The van der Waals surface area contributed by atoms with Crippen molar-refractivity contribution in [3.8, 4) is 5.75 Å². The summed E-state index contributed by atoms with van der Waals surface area (Å²) >= 11 is 0. The van der Waals surface area contributed by atoms with Crippen LogP contribution >= 0.6 is 0 Å². The van der Waals surface area contributed by atoms with E-state index in [2.05, 4.69) is 15.1 Å². The number of amidine groups is 1. The number of hydrogen-bond acceptors (Lipinski definition) is 7. The topological polar surface area (TPSA) is 121 Å². The molecule has 9 nitrogen and oxygen atoms in total. The summed E-state index contributed by atoms with van der Waals surface area (Å²) in [6, 6.07) is 7.09. The maximum atomic E-state index is 12.1. The standard InChI is InChI=1S/C20H31N3O6/c1-19(2,3)28-17(24)22-16(23-18(25)29-20(4,5)6)13-14-7-9-15(10-8-14)26-11-12-27-21/h7-10H,11-13,21H2,1-6H3,(H,22,23,24,25). The molecule has 0 saturated heterocycles. The Morgan fingerprint density at radius 2 is 1.55 bits per heavy atom. The Morgan fingerprint density at radius 1 is 0.966 bits per heavy atom. The second-order valence-electron chi connectivity index (χ2n) is 8.21. The monoisotopic (exact) mass is 409 g/mol. The zero-order valence-electron chi connectivity index (χ0n) is 17.9. The van der Waals surface area contributed by atoms with E-state index in [1.54, 1.807) is 65.8 Å². The Labute approximate surface area is 171 Å². The highest BCUT2D eigenvalue weighted by atomic mass is 16.6. The Hall–Kier alpha value is -2.65. The van der Waals surface area contributed by atoms with Crippen LogP contribution in [-0.4, -0.2) is 42.4 Å². The number of carbonyl (C=O) groups is 2. The zero-order chi connectivity index (χ0) is 22.1. The van der Waals surface area contributed by atoms with E-state index in [9.17, 15) is 9.59 Å². The van der Waals surface area contributed by atoms with E-state index in [-0.39, 0.29) is 18.9 Å². The van der Waals surface area contributed by atoms with Crippen LogP contribution in [0.2, 0.25) is 0 Å². The van der Waals surface area contributed by atoms with E-state index < -0.39 is 23.4 Å². The third-order valence-electron chi connectivity index (χ3n) is 3.03. The van der Waals surface area contributed by atoms with Crippen LogP contribution in [0.3, 0.4) is 0 Å². The predicted molar refractivity (Wildman–Crippen MR) is 109 cm³/mol. The molecule has 162 valence electrons. The predicted octanol–water partition coefficient (Wildman–Crippen LogP) is 3.36. The maximum Gasteiger partial charge on any atom is 0.435 e. The van der Waals surface area contributed by atoms with Crippen molar-refractivity contribution in [1.29, 1.82) is 0 Å². The Balaban J connectivity index is 2.90. The molecule has 0 heterocycles. The van der Waals surface area contributed by atoms with Crippen LogP contribution < -0.4 is 16.0 Å². The first-order chi connectivity index (χ1) is 13.4. The van der Waals surface area contributed by atoms with Gasteiger partial charge in [0.2, 0.25) is 0 Å². The minimum absolute atomic E-state index is 0.110. The van der Waals surface area contributed by atoms with Crippen LogP contribution in [-0.2, 0) is 20.7 Å². The molecule has 0 aliphatic heterocycles. The van der Waals surface area contributed by atoms with Crippen molar-refractivity contribution in [1.82, 2.24) is 5.32 Å². The smallest absolute Gasteiger partial charge is 0.435 e. The van der Waals surface area contributed by atoms with Gasteiger partial charge in [-0.15, -0.1) is 0 Å². The van der Waals surface area contributed by atoms with Gasteiger partial charge in [0.05, 0.1) is 0 Å². The zero-order valence-corrected chi connectivity index (χ0v) is 17.9. The number of ether oxygens (including phenoxy) is 3. The van der Waals surface area contributed by atoms with Crippen molar-refractivity contribution >= 4 is 18.0 Å². The van der Waals surface area contributed by atoms with Crippen molar-refractivity contribution in [2.75, 3.05) is 13.2 Å². The molecule has 1 aromatic carbocycles. The summed E-state index contributed by atoms with van der Waals surface area (Å²) in [5.41, 5.74) is -0.595. The molecule has 1 rings (SSSR count). The van der Waals surface area contributed by atoms with Gasteiger partial charge < -0.3 is 19.0 Å². The lowest BCUT2D eigenvalue weighted by Crippen LogP contribution is -2.38. The normalized spacial score (nSPS) is 12.3. The van der Waals surface area contributed by atoms with Crippen molar-refractivity contribution in [3.05, 3.63) is 29.8 Å². The molecule has 29 heavy (non-hydrogen) atoms. The van der Waals surface area contributed by atoms with Crippen LogP contribution in [0.5, 0.6) is 5.75 Å². The minimum atomic E-state index is -0.801. The molecular formula is C20H31N3O6. The summed E-state index contributed by atoms with van der Waals surface area (Å²) in [7, 11) is 0. The Morgan fingerprint density at radius 3 is 2.07 bits per heavy atom. The van der Waals surface area contributed by atoms with E-state index in [1.807, 2.05) is 0 Å². The van der Waals surface area contributed by atoms with Crippen LogP contribution in [0.25, 0.3) is 0 Å². The molecule has 0 aliphatic rings. The number of amides is 2. The fourth-order valence-electron chi connectivity index (χ4n) is 2.03. The fourth-order valence-corrected chi connectivity index (χ4v) is 2.03. The lowest BCUT2D eigenvalue weighted by atomic mass is 10.1. The quantitative estimate of drug-likeness (QED) is 0.320.